The van der Waals surface area contributed by atoms with Crippen LogP contribution in [-0.2, 0) is 11.3 Å². The van der Waals surface area contributed by atoms with Crippen LogP contribution in [0.5, 0.6) is 5.75 Å². The topological polar surface area (TPSA) is 89.8 Å². The lowest BCUT2D eigenvalue weighted by Crippen LogP contribution is -2.42. The standard InChI is InChI=1S/C19H17ClN2O5/c1-25-10-14-12-5-3-4-6-16(12)27-17(14)19(24)22-21-18(23)13-9-11(20)7-8-15(13)26-2/h3-9H,10H2,1-2H3,(H,21,23)(H,22,24). The fraction of sp³-hybridized carbons (Fsp3) is 0.158. The predicted octanol–water partition coefficient (Wildman–Crippen LogP) is 3.32. The van der Waals surface area contributed by atoms with E-state index in [0.29, 0.717) is 21.9 Å². The van der Waals surface area contributed by atoms with E-state index in [-0.39, 0.29) is 17.9 Å². The number of halogens is 1. The van der Waals surface area contributed by atoms with Gasteiger partial charge in [-0.3, -0.25) is 20.4 Å². The van der Waals surface area contributed by atoms with Crippen LogP contribution >= 0.6 is 11.6 Å². The molecular weight excluding hydrogens is 372 g/mol. The van der Waals surface area contributed by atoms with E-state index < -0.39 is 11.8 Å². The molecule has 27 heavy (non-hydrogen) atoms. The molecule has 1 aromatic heterocycles. The third kappa shape index (κ3) is 3.89. The van der Waals surface area contributed by atoms with E-state index in [0.717, 1.165) is 5.39 Å². The van der Waals surface area contributed by atoms with Crippen LogP contribution in [0.4, 0.5) is 0 Å². The number of para-hydroxylation sites is 1. The van der Waals surface area contributed by atoms with Crippen LogP contribution in [0.2, 0.25) is 5.02 Å². The van der Waals surface area contributed by atoms with Crippen molar-refractivity contribution in [1.82, 2.24) is 10.9 Å². The molecule has 140 valence electrons. The Morgan fingerprint density at radius 3 is 2.56 bits per heavy atom. The van der Waals surface area contributed by atoms with Crippen molar-refractivity contribution in [2.24, 2.45) is 0 Å². The molecule has 0 aliphatic heterocycles. The number of benzene rings is 2. The second-order valence-electron chi connectivity index (χ2n) is 5.59. The molecule has 0 unspecified atom stereocenters. The van der Waals surface area contributed by atoms with Crippen LogP contribution in [0.1, 0.15) is 26.5 Å². The van der Waals surface area contributed by atoms with E-state index in [1.54, 1.807) is 24.3 Å². The summed E-state index contributed by atoms with van der Waals surface area (Å²) in [7, 11) is 2.96. The Morgan fingerprint density at radius 2 is 1.81 bits per heavy atom. The van der Waals surface area contributed by atoms with Crippen LogP contribution in [0.3, 0.4) is 0 Å². The second kappa shape index (κ2) is 8.11. The number of carbonyl (C=O) groups excluding carboxylic acids is 2. The molecule has 3 aromatic rings. The third-order valence-corrected chi connectivity index (χ3v) is 4.12. The molecule has 0 saturated carbocycles. The van der Waals surface area contributed by atoms with Crippen molar-refractivity contribution in [3.63, 3.8) is 0 Å². The normalized spacial score (nSPS) is 10.6. The number of nitrogens with one attached hydrogen (secondary N) is 2. The average molecular weight is 389 g/mol. The number of hydrazine groups is 1. The number of rotatable bonds is 5. The largest absolute Gasteiger partial charge is 0.496 e. The maximum atomic E-state index is 12.5. The van der Waals surface area contributed by atoms with Gasteiger partial charge in [-0.25, -0.2) is 0 Å². The first-order valence-corrected chi connectivity index (χ1v) is 8.36. The zero-order valence-electron chi connectivity index (χ0n) is 14.7. The van der Waals surface area contributed by atoms with Gasteiger partial charge in [-0.15, -0.1) is 0 Å². The van der Waals surface area contributed by atoms with Gasteiger partial charge < -0.3 is 13.9 Å². The highest BCUT2D eigenvalue weighted by atomic mass is 35.5. The zero-order valence-corrected chi connectivity index (χ0v) is 15.4. The summed E-state index contributed by atoms with van der Waals surface area (Å²) in [6.45, 7) is 0.190. The smallest absolute Gasteiger partial charge is 0.305 e. The van der Waals surface area contributed by atoms with Crippen molar-refractivity contribution in [3.05, 3.63) is 64.4 Å². The summed E-state index contributed by atoms with van der Waals surface area (Å²) in [5.74, 6) is -0.786. The first-order valence-electron chi connectivity index (χ1n) is 7.98. The van der Waals surface area contributed by atoms with Gasteiger partial charge in [-0.05, 0) is 24.3 Å². The van der Waals surface area contributed by atoms with E-state index in [1.807, 2.05) is 12.1 Å². The Hall–Kier alpha value is -3.03. The molecule has 0 spiro atoms. The average Bonchev–Trinajstić information content (AvgIpc) is 3.05. The van der Waals surface area contributed by atoms with Crippen LogP contribution in [0.15, 0.2) is 46.9 Å². The fourth-order valence-corrected chi connectivity index (χ4v) is 2.84. The van der Waals surface area contributed by atoms with Gasteiger partial charge in [0.15, 0.2) is 5.76 Å². The molecule has 8 heteroatoms. The number of furan rings is 1. The van der Waals surface area contributed by atoms with E-state index in [4.69, 9.17) is 25.5 Å². The molecule has 3 rings (SSSR count). The molecule has 2 N–H and O–H groups in total. The van der Waals surface area contributed by atoms with Gasteiger partial charge in [-0.1, -0.05) is 29.8 Å². The van der Waals surface area contributed by atoms with Crippen molar-refractivity contribution in [1.29, 1.82) is 0 Å². The quantitative estimate of drug-likeness (QED) is 0.654. The molecule has 1 heterocycles. The summed E-state index contributed by atoms with van der Waals surface area (Å²) in [6.07, 6.45) is 0. The summed E-state index contributed by atoms with van der Waals surface area (Å²) in [5, 5.41) is 1.14. The lowest BCUT2D eigenvalue weighted by atomic mass is 10.1. The van der Waals surface area contributed by atoms with Gasteiger partial charge in [-0.2, -0.15) is 0 Å². The molecule has 0 radical (unpaired) electrons. The molecule has 0 saturated heterocycles. The molecule has 0 atom stereocenters. The number of hydrogen-bond acceptors (Lipinski definition) is 5. The molecule has 0 aliphatic carbocycles. The summed E-state index contributed by atoms with van der Waals surface area (Å²) in [4.78, 5) is 24.9. The Morgan fingerprint density at radius 1 is 1.07 bits per heavy atom. The van der Waals surface area contributed by atoms with E-state index >= 15 is 0 Å². The van der Waals surface area contributed by atoms with Crippen molar-refractivity contribution in [2.45, 2.75) is 6.61 Å². The minimum atomic E-state index is -0.604. The number of carbonyl (C=O) groups is 2. The van der Waals surface area contributed by atoms with E-state index in [9.17, 15) is 9.59 Å². The van der Waals surface area contributed by atoms with Gasteiger partial charge in [0, 0.05) is 23.1 Å². The summed E-state index contributed by atoms with van der Waals surface area (Å²) in [5.41, 5.74) is 6.01. The maximum Gasteiger partial charge on any atom is 0.305 e. The number of hydrogen-bond donors (Lipinski definition) is 2. The SMILES string of the molecule is COCc1c(C(=O)NNC(=O)c2cc(Cl)ccc2OC)oc2ccccc12. The van der Waals surface area contributed by atoms with Crippen LogP contribution in [0, 0.1) is 0 Å². The van der Waals surface area contributed by atoms with Crippen molar-refractivity contribution in [2.75, 3.05) is 14.2 Å². The molecule has 0 fully saturated rings. The van der Waals surface area contributed by atoms with Crippen LogP contribution < -0.4 is 15.6 Å². The zero-order chi connectivity index (χ0) is 19.4. The van der Waals surface area contributed by atoms with Crippen molar-refractivity contribution in [3.8, 4) is 5.75 Å². The summed E-state index contributed by atoms with van der Waals surface area (Å²) in [6, 6.07) is 11.8. The summed E-state index contributed by atoms with van der Waals surface area (Å²) >= 11 is 5.93. The molecule has 0 aliphatic rings. The van der Waals surface area contributed by atoms with E-state index in [1.165, 1.54) is 20.3 Å². The highest BCUT2D eigenvalue weighted by Crippen LogP contribution is 2.26. The number of amides is 2. The number of fused-ring (bicyclic) bond motifs is 1. The lowest BCUT2D eigenvalue weighted by molar-refractivity contribution is 0.0827. The Labute approximate surface area is 160 Å². The summed E-state index contributed by atoms with van der Waals surface area (Å²) < 4.78 is 15.9. The molecular formula is C19H17ClN2O5. The molecule has 7 nitrogen and oxygen atoms in total. The van der Waals surface area contributed by atoms with Gasteiger partial charge >= 0.3 is 5.91 Å². The van der Waals surface area contributed by atoms with Crippen molar-refractivity contribution < 1.29 is 23.5 Å². The first-order chi connectivity index (χ1) is 13.0. The number of methoxy groups -OCH3 is 2. The minimum absolute atomic E-state index is 0.0661. The van der Waals surface area contributed by atoms with Gasteiger partial charge in [0.25, 0.3) is 5.91 Å². The maximum absolute atomic E-state index is 12.5. The minimum Gasteiger partial charge on any atom is -0.496 e. The van der Waals surface area contributed by atoms with Gasteiger partial charge in [0.1, 0.15) is 11.3 Å². The highest BCUT2D eigenvalue weighted by Gasteiger charge is 2.21. The Balaban J connectivity index is 1.80. The molecule has 2 amide bonds. The Bertz CT molecular complexity index is 999. The van der Waals surface area contributed by atoms with Crippen molar-refractivity contribution >= 4 is 34.4 Å². The Kier molecular flexibility index (Phi) is 5.63. The van der Waals surface area contributed by atoms with E-state index in [2.05, 4.69) is 10.9 Å². The highest BCUT2D eigenvalue weighted by molar-refractivity contribution is 6.31. The molecule has 2 aromatic carbocycles. The van der Waals surface area contributed by atoms with Crippen LogP contribution in [0.25, 0.3) is 11.0 Å². The van der Waals surface area contributed by atoms with Crippen LogP contribution in [-0.4, -0.2) is 26.0 Å². The first kappa shape index (κ1) is 18.8. The number of ether oxygens (including phenoxy) is 2. The molecule has 0 bridgehead atoms. The predicted molar refractivity (Wildman–Crippen MR) is 99.9 cm³/mol. The van der Waals surface area contributed by atoms with Gasteiger partial charge in [0.2, 0.25) is 0 Å². The lowest BCUT2D eigenvalue weighted by Gasteiger charge is -2.10. The fourth-order valence-electron chi connectivity index (χ4n) is 2.67. The third-order valence-electron chi connectivity index (χ3n) is 3.89. The second-order valence-corrected chi connectivity index (χ2v) is 6.03. The van der Waals surface area contributed by atoms with Gasteiger partial charge in [0.05, 0.1) is 19.3 Å². The monoisotopic (exact) mass is 388 g/mol.